The molecule has 1 unspecified atom stereocenters. The fourth-order valence-corrected chi connectivity index (χ4v) is 9.04. The standard InChI is InChI=1S/C40H45ClN7O5P/c1-53-35-21-30(10-8-25(35)20-37-42-22-32(41)33(45-37)19-26-6-4-5-7-36(26)54(2,3)52)47-16-14-28(15-17-47)43-24-44-29-9-11-31-27(18-29)23-48(40(31)51)34-12-13-38(49)46-39(34)50/h4-11,18,21-22,28,34,43-44H,12-17,19-20,23-24H2,1-3H3,(H,46,49,50). The van der Waals surface area contributed by atoms with E-state index in [1.54, 1.807) is 31.5 Å². The first-order chi connectivity index (χ1) is 26.0. The van der Waals surface area contributed by atoms with E-state index in [0.29, 0.717) is 60.6 Å². The number of ether oxygens (including phenoxy) is 1. The van der Waals surface area contributed by atoms with E-state index in [9.17, 15) is 18.9 Å². The van der Waals surface area contributed by atoms with E-state index in [1.807, 2.05) is 42.5 Å². The molecule has 3 amide bonds. The van der Waals surface area contributed by atoms with Gasteiger partial charge in [-0.05, 0) is 68.0 Å². The van der Waals surface area contributed by atoms with Crippen LogP contribution >= 0.6 is 18.7 Å². The molecule has 0 saturated carbocycles. The number of rotatable bonds is 12. The first kappa shape index (κ1) is 37.5. The van der Waals surface area contributed by atoms with Crippen molar-refractivity contribution in [1.82, 2.24) is 25.5 Å². The molecule has 2 saturated heterocycles. The molecule has 3 aromatic carbocycles. The number of piperidine rings is 2. The van der Waals surface area contributed by atoms with Crippen LogP contribution in [-0.2, 0) is 33.5 Å². The van der Waals surface area contributed by atoms with E-state index in [4.69, 9.17) is 21.3 Å². The lowest BCUT2D eigenvalue weighted by Crippen LogP contribution is -2.52. The maximum absolute atomic E-state index is 13.0. The third-order valence-corrected chi connectivity index (χ3v) is 12.4. The molecule has 3 aliphatic rings. The molecule has 4 aromatic rings. The Kier molecular flexibility index (Phi) is 11.1. The van der Waals surface area contributed by atoms with Crippen molar-refractivity contribution in [3.8, 4) is 5.75 Å². The van der Waals surface area contributed by atoms with Crippen molar-refractivity contribution in [3.05, 3.63) is 106 Å². The van der Waals surface area contributed by atoms with Gasteiger partial charge in [-0.25, -0.2) is 9.97 Å². The summed E-state index contributed by atoms with van der Waals surface area (Å²) in [7, 11) is -0.794. The van der Waals surface area contributed by atoms with E-state index in [2.05, 4.69) is 44.0 Å². The summed E-state index contributed by atoms with van der Waals surface area (Å²) in [6.45, 7) is 6.27. The van der Waals surface area contributed by atoms with E-state index in [0.717, 1.165) is 65.1 Å². The first-order valence-corrected chi connectivity index (χ1v) is 21.2. The highest BCUT2D eigenvalue weighted by atomic mass is 35.5. The highest BCUT2D eigenvalue weighted by Crippen LogP contribution is 2.37. The zero-order valence-corrected chi connectivity index (χ0v) is 32.4. The van der Waals surface area contributed by atoms with Crippen molar-refractivity contribution in [2.45, 2.75) is 57.2 Å². The predicted molar refractivity (Wildman–Crippen MR) is 211 cm³/mol. The smallest absolute Gasteiger partial charge is 0.255 e. The van der Waals surface area contributed by atoms with Crippen LogP contribution in [0.3, 0.4) is 0 Å². The molecule has 2 fully saturated rings. The van der Waals surface area contributed by atoms with Crippen LogP contribution in [0, 0.1) is 0 Å². The van der Waals surface area contributed by atoms with Crippen molar-refractivity contribution < 1.29 is 23.7 Å². The Morgan fingerprint density at radius 2 is 1.78 bits per heavy atom. The predicted octanol–water partition coefficient (Wildman–Crippen LogP) is 4.96. The van der Waals surface area contributed by atoms with E-state index >= 15 is 0 Å². The number of imide groups is 1. The van der Waals surface area contributed by atoms with Gasteiger partial charge in [-0.15, -0.1) is 0 Å². The SMILES string of the molecule is COc1cc(N2CCC(NCNc3ccc4c(c3)CN(C3CCC(=O)NC3=O)C4=O)CC2)ccc1Cc1ncc(Cl)c(Cc2ccccc2P(C)(C)=O)n1. The van der Waals surface area contributed by atoms with Crippen LogP contribution in [0.4, 0.5) is 11.4 Å². The fourth-order valence-electron chi connectivity index (χ4n) is 7.59. The van der Waals surface area contributed by atoms with Crippen LogP contribution in [0.1, 0.15) is 64.2 Å². The monoisotopic (exact) mass is 769 g/mol. The molecule has 3 N–H and O–H groups in total. The molecule has 1 aromatic heterocycles. The molecule has 7 rings (SSSR count). The van der Waals surface area contributed by atoms with Crippen LogP contribution in [0.25, 0.3) is 0 Å². The Morgan fingerprint density at radius 3 is 2.54 bits per heavy atom. The summed E-state index contributed by atoms with van der Waals surface area (Å²) in [5, 5.41) is 10.7. The molecule has 3 aliphatic heterocycles. The average Bonchev–Trinajstić information content (AvgIpc) is 3.48. The summed E-state index contributed by atoms with van der Waals surface area (Å²) in [6.07, 6.45) is 5.12. The number of carbonyl (C=O) groups excluding carboxylic acids is 3. The number of aromatic nitrogens is 2. The maximum atomic E-state index is 13.0. The number of nitrogens with zero attached hydrogens (tertiary/aromatic N) is 4. The van der Waals surface area contributed by atoms with Gasteiger partial charge in [0.15, 0.2) is 0 Å². The number of nitrogens with one attached hydrogen (secondary N) is 3. The molecule has 14 heteroatoms. The number of benzene rings is 3. The Balaban J connectivity index is 0.910. The van der Waals surface area contributed by atoms with Crippen molar-refractivity contribution in [3.63, 3.8) is 0 Å². The second kappa shape index (κ2) is 15.9. The molecule has 12 nitrogen and oxygen atoms in total. The normalized spacial score (nSPS) is 17.8. The Morgan fingerprint density at radius 1 is 0.981 bits per heavy atom. The number of hydrogen-bond donors (Lipinski definition) is 3. The number of methoxy groups -OCH3 is 1. The van der Waals surface area contributed by atoms with Gasteiger partial charge in [-0.1, -0.05) is 41.9 Å². The summed E-state index contributed by atoms with van der Waals surface area (Å²) in [4.78, 5) is 50.2. The van der Waals surface area contributed by atoms with E-state index in [1.165, 1.54) is 0 Å². The number of fused-ring (bicyclic) bond motifs is 1. The Bertz CT molecular complexity index is 2130. The third kappa shape index (κ3) is 8.31. The number of carbonyl (C=O) groups is 3. The summed E-state index contributed by atoms with van der Waals surface area (Å²) >= 11 is 6.54. The lowest BCUT2D eigenvalue weighted by molar-refractivity contribution is -0.136. The zero-order chi connectivity index (χ0) is 38.0. The molecule has 4 heterocycles. The van der Waals surface area contributed by atoms with Crippen LogP contribution < -0.4 is 30.9 Å². The van der Waals surface area contributed by atoms with Gasteiger partial charge >= 0.3 is 0 Å². The Hall–Kier alpha value is -4.77. The molecular weight excluding hydrogens is 725 g/mol. The lowest BCUT2D eigenvalue weighted by atomic mass is 10.0. The summed E-state index contributed by atoms with van der Waals surface area (Å²) in [5.74, 6) is 0.541. The molecule has 0 aliphatic carbocycles. The zero-order valence-electron chi connectivity index (χ0n) is 30.7. The van der Waals surface area contributed by atoms with Crippen LogP contribution in [-0.4, -0.2) is 84.9 Å². The minimum absolute atomic E-state index is 0.172. The highest BCUT2D eigenvalue weighted by Gasteiger charge is 2.39. The minimum Gasteiger partial charge on any atom is -0.496 e. The van der Waals surface area contributed by atoms with E-state index < -0.39 is 19.1 Å². The molecular formula is C40H45ClN7O5P. The second-order valence-electron chi connectivity index (χ2n) is 14.5. The summed E-state index contributed by atoms with van der Waals surface area (Å²) in [5.41, 5.74) is 6.11. The van der Waals surface area contributed by atoms with Crippen LogP contribution in [0.2, 0.25) is 5.02 Å². The number of hydrogen-bond acceptors (Lipinski definition) is 10. The van der Waals surface area contributed by atoms with E-state index in [-0.39, 0.29) is 18.2 Å². The summed E-state index contributed by atoms with van der Waals surface area (Å²) < 4.78 is 18.8. The van der Waals surface area contributed by atoms with Crippen molar-refractivity contribution in [1.29, 1.82) is 0 Å². The molecule has 0 bridgehead atoms. The van der Waals surface area contributed by atoms with Gasteiger partial charge in [0.2, 0.25) is 11.8 Å². The topological polar surface area (TPSA) is 146 Å². The van der Waals surface area contributed by atoms with Crippen molar-refractivity contribution >= 4 is 53.1 Å². The van der Waals surface area contributed by atoms with Gasteiger partial charge in [0.1, 0.15) is 24.8 Å². The molecule has 0 radical (unpaired) electrons. The fraction of sp³-hybridized carbons (Fsp3) is 0.375. The maximum Gasteiger partial charge on any atom is 0.255 e. The van der Waals surface area contributed by atoms with Gasteiger partial charge in [0.05, 0.1) is 24.5 Å². The molecule has 282 valence electrons. The lowest BCUT2D eigenvalue weighted by Gasteiger charge is -2.34. The highest BCUT2D eigenvalue weighted by molar-refractivity contribution is 7.70. The van der Waals surface area contributed by atoms with Crippen LogP contribution in [0.5, 0.6) is 5.75 Å². The quantitative estimate of drug-likeness (QED) is 0.103. The van der Waals surface area contributed by atoms with Crippen molar-refractivity contribution in [2.24, 2.45) is 0 Å². The molecule has 1 atom stereocenters. The van der Waals surface area contributed by atoms with Gasteiger partial charge in [0.25, 0.3) is 5.91 Å². The molecule has 0 spiro atoms. The summed E-state index contributed by atoms with van der Waals surface area (Å²) in [6, 6.07) is 19.4. The van der Waals surface area contributed by atoms with Crippen LogP contribution in [0.15, 0.2) is 66.9 Å². The van der Waals surface area contributed by atoms with Gasteiger partial charge < -0.3 is 24.4 Å². The largest absolute Gasteiger partial charge is 0.496 e. The number of anilines is 2. The number of amides is 3. The first-order valence-electron chi connectivity index (χ1n) is 18.3. The minimum atomic E-state index is -2.47. The second-order valence-corrected chi connectivity index (χ2v) is 18.1. The van der Waals surface area contributed by atoms with Crippen molar-refractivity contribution in [2.75, 3.05) is 50.4 Å². The Labute approximate surface area is 320 Å². The van der Waals surface area contributed by atoms with Gasteiger partial charge in [0, 0.05) is 85.0 Å². The third-order valence-electron chi connectivity index (χ3n) is 10.5. The average molecular weight is 770 g/mol. The van der Waals surface area contributed by atoms with Gasteiger partial charge in [-0.3, -0.25) is 25.0 Å². The molecule has 54 heavy (non-hydrogen) atoms. The number of halogens is 1. The van der Waals surface area contributed by atoms with Gasteiger partial charge in [-0.2, -0.15) is 0 Å².